The molecule has 1 saturated heterocycles. The second-order valence-corrected chi connectivity index (χ2v) is 8.07. The van der Waals surface area contributed by atoms with Crippen molar-refractivity contribution in [2.75, 3.05) is 0 Å². The summed E-state index contributed by atoms with van der Waals surface area (Å²) in [5.41, 5.74) is -0.722. The second kappa shape index (κ2) is 3.68. The molecule has 0 aromatic rings. The van der Waals surface area contributed by atoms with Crippen LogP contribution in [0.3, 0.4) is 0 Å². The molecule has 1 saturated carbocycles. The fourth-order valence-corrected chi connectivity index (χ4v) is 5.05. The summed E-state index contributed by atoms with van der Waals surface area (Å²) in [6.07, 6.45) is 9.60. The molecule has 1 heterocycles. The van der Waals surface area contributed by atoms with Gasteiger partial charge in [-0.3, -0.25) is 14.5 Å². The number of rotatable bonds is 1. The van der Waals surface area contributed by atoms with Crippen LogP contribution >= 0.6 is 0 Å². The number of hydrogen-bond acceptors (Lipinski definition) is 2. The standard InChI is InChI=1S/C18H23NO2/c1-10-11-5-6-12(9-11)14(10)15(20)19-13-7-8-18(4,16(19)21)17(13,2)3/h5-8,10-14H,9H2,1-4H3/t10-,11-,12-,13-,14+,18-/m0/s1. The van der Waals surface area contributed by atoms with Crippen LogP contribution in [-0.4, -0.2) is 22.8 Å². The molecule has 1 aliphatic heterocycles. The number of imide groups is 1. The Balaban J connectivity index is 1.70. The van der Waals surface area contributed by atoms with Gasteiger partial charge < -0.3 is 0 Å². The van der Waals surface area contributed by atoms with Crippen LogP contribution in [0.25, 0.3) is 0 Å². The van der Waals surface area contributed by atoms with Crippen LogP contribution < -0.4 is 0 Å². The van der Waals surface area contributed by atoms with E-state index >= 15 is 0 Å². The van der Waals surface area contributed by atoms with Crippen LogP contribution in [-0.2, 0) is 9.59 Å². The van der Waals surface area contributed by atoms with Crippen LogP contribution in [0.1, 0.15) is 34.1 Å². The number of carbonyl (C=O) groups excluding carboxylic acids is 2. The van der Waals surface area contributed by atoms with Gasteiger partial charge in [0.1, 0.15) is 0 Å². The van der Waals surface area contributed by atoms with E-state index < -0.39 is 5.41 Å². The maximum absolute atomic E-state index is 13.1. The van der Waals surface area contributed by atoms with E-state index in [0.29, 0.717) is 17.8 Å². The molecule has 0 aromatic carbocycles. The fraction of sp³-hybridized carbons (Fsp3) is 0.667. The van der Waals surface area contributed by atoms with Crippen LogP contribution in [0, 0.1) is 34.5 Å². The van der Waals surface area contributed by atoms with Gasteiger partial charge in [-0.05, 0) is 31.1 Å². The van der Waals surface area contributed by atoms with Gasteiger partial charge in [-0.1, -0.05) is 45.1 Å². The van der Waals surface area contributed by atoms with E-state index in [1.807, 2.05) is 13.0 Å². The number of likely N-dealkylation sites (tertiary alicyclic amines) is 1. The summed E-state index contributed by atoms with van der Waals surface area (Å²) in [5, 5.41) is 0. The molecule has 2 fully saturated rings. The normalized spacial score (nSPS) is 48.7. The van der Waals surface area contributed by atoms with Gasteiger partial charge >= 0.3 is 0 Å². The molecule has 6 atom stereocenters. The monoisotopic (exact) mass is 285 g/mol. The average molecular weight is 285 g/mol. The van der Waals surface area contributed by atoms with Crippen LogP contribution in [0.5, 0.6) is 0 Å². The molecule has 3 heteroatoms. The van der Waals surface area contributed by atoms with Gasteiger partial charge in [0.25, 0.3) is 0 Å². The van der Waals surface area contributed by atoms with E-state index in [1.54, 1.807) is 4.90 Å². The Kier molecular flexibility index (Phi) is 2.33. The molecule has 4 rings (SSSR count). The minimum absolute atomic E-state index is 0.00361. The van der Waals surface area contributed by atoms with Crippen molar-refractivity contribution >= 4 is 11.8 Å². The summed E-state index contributed by atoms with van der Waals surface area (Å²) < 4.78 is 0. The molecule has 4 aliphatic rings. The number of nitrogens with zero attached hydrogens (tertiary/aromatic N) is 1. The third-order valence-corrected chi connectivity index (χ3v) is 7.01. The average Bonchev–Trinajstić information content (AvgIpc) is 3.09. The first kappa shape index (κ1) is 13.3. The molecule has 0 unspecified atom stereocenters. The lowest BCUT2D eigenvalue weighted by Gasteiger charge is -2.32. The fourth-order valence-electron chi connectivity index (χ4n) is 5.05. The number of carbonyl (C=O) groups is 2. The van der Waals surface area contributed by atoms with Gasteiger partial charge in [0.2, 0.25) is 11.8 Å². The van der Waals surface area contributed by atoms with E-state index in [-0.39, 0.29) is 29.2 Å². The Hall–Kier alpha value is -1.38. The zero-order chi connectivity index (χ0) is 15.2. The highest BCUT2D eigenvalue weighted by molar-refractivity contribution is 6.04. The van der Waals surface area contributed by atoms with E-state index in [2.05, 4.69) is 39.0 Å². The molecule has 3 nitrogen and oxygen atoms in total. The van der Waals surface area contributed by atoms with Crippen LogP contribution in [0.15, 0.2) is 24.3 Å². The lowest BCUT2D eigenvalue weighted by atomic mass is 9.70. The van der Waals surface area contributed by atoms with Crippen molar-refractivity contribution in [1.29, 1.82) is 0 Å². The van der Waals surface area contributed by atoms with Crippen molar-refractivity contribution < 1.29 is 9.59 Å². The lowest BCUT2D eigenvalue weighted by Crippen LogP contribution is -2.47. The summed E-state index contributed by atoms with van der Waals surface area (Å²) in [5.74, 6) is 1.29. The molecule has 21 heavy (non-hydrogen) atoms. The molecule has 2 amide bonds. The Morgan fingerprint density at radius 1 is 1.19 bits per heavy atom. The summed E-state index contributed by atoms with van der Waals surface area (Å²) in [6.45, 7) is 8.35. The van der Waals surface area contributed by atoms with Gasteiger partial charge in [-0.25, -0.2) is 0 Å². The predicted octanol–water partition coefficient (Wildman–Crippen LogP) is 2.78. The van der Waals surface area contributed by atoms with Crippen molar-refractivity contribution in [1.82, 2.24) is 4.90 Å². The maximum Gasteiger partial charge on any atom is 0.240 e. The molecule has 3 aliphatic carbocycles. The van der Waals surface area contributed by atoms with Crippen molar-refractivity contribution in [2.24, 2.45) is 34.5 Å². The van der Waals surface area contributed by atoms with Gasteiger partial charge in [-0.15, -0.1) is 0 Å². The molecule has 0 spiro atoms. The van der Waals surface area contributed by atoms with Crippen molar-refractivity contribution in [2.45, 2.75) is 40.2 Å². The number of fused-ring (bicyclic) bond motifs is 4. The smallest absolute Gasteiger partial charge is 0.240 e. The number of allylic oxidation sites excluding steroid dienone is 2. The Morgan fingerprint density at radius 3 is 2.38 bits per heavy atom. The van der Waals surface area contributed by atoms with E-state index in [0.717, 1.165) is 6.42 Å². The summed E-state index contributed by atoms with van der Waals surface area (Å²) in [7, 11) is 0. The van der Waals surface area contributed by atoms with Gasteiger partial charge in [0.15, 0.2) is 0 Å². The van der Waals surface area contributed by atoms with Crippen molar-refractivity contribution in [3.05, 3.63) is 24.3 Å². The SMILES string of the molecule is C[C@@H]1[C@@H](C(=O)N2C(=O)[C@]3(C)C=C[C@H]2C3(C)C)[C@H]2C=C[C@H]1C2. The zero-order valence-corrected chi connectivity index (χ0v) is 13.2. The third-order valence-electron chi connectivity index (χ3n) is 7.01. The lowest BCUT2D eigenvalue weighted by molar-refractivity contribution is -0.150. The third kappa shape index (κ3) is 1.31. The first-order valence-corrected chi connectivity index (χ1v) is 8.04. The summed E-state index contributed by atoms with van der Waals surface area (Å²) in [4.78, 5) is 27.6. The van der Waals surface area contributed by atoms with E-state index in [9.17, 15) is 9.59 Å². The molecular weight excluding hydrogens is 262 g/mol. The molecule has 0 aromatic heterocycles. The molecule has 112 valence electrons. The Bertz CT molecular complexity index is 602. The topological polar surface area (TPSA) is 37.4 Å². The Morgan fingerprint density at radius 2 is 1.86 bits per heavy atom. The number of amides is 2. The minimum atomic E-state index is -0.524. The highest BCUT2D eigenvalue weighted by atomic mass is 16.2. The molecule has 0 N–H and O–H groups in total. The zero-order valence-electron chi connectivity index (χ0n) is 13.2. The van der Waals surface area contributed by atoms with Crippen LogP contribution in [0.2, 0.25) is 0 Å². The molecule has 0 radical (unpaired) electrons. The Labute approximate surface area is 126 Å². The number of hydrogen-bond donors (Lipinski definition) is 0. The van der Waals surface area contributed by atoms with E-state index in [1.165, 1.54) is 0 Å². The maximum atomic E-state index is 13.1. The van der Waals surface area contributed by atoms with E-state index in [4.69, 9.17) is 0 Å². The molecule has 4 bridgehead atoms. The highest BCUT2D eigenvalue weighted by Gasteiger charge is 2.65. The van der Waals surface area contributed by atoms with Gasteiger partial charge in [-0.2, -0.15) is 0 Å². The van der Waals surface area contributed by atoms with Gasteiger partial charge in [0, 0.05) is 11.3 Å². The van der Waals surface area contributed by atoms with Crippen LogP contribution in [0.4, 0.5) is 0 Å². The summed E-state index contributed by atoms with van der Waals surface area (Å²) >= 11 is 0. The minimum Gasteiger partial charge on any atom is -0.274 e. The quantitative estimate of drug-likeness (QED) is 0.549. The largest absolute Gasteiger partial charge is 0.274 e. The molecular formula is C18H23NO2. The summed E-state index contributed by atoms with van der Waals surface area (Å²) in [6, 6.07) is -0.0715. The highest BCUT2D eigenvalue weighted by Crippen LogP contribution is 2.58. The van der Waals surface area contributed by atoms with Crippen molar-refractivity contribution in [3.63, 3.8) is 0 Å². The van der Waals surface area contributed by atoms with Crippen molar-refractivity contribution in [3.8, 4) is 0 Å². The second-order valence-electron chi connectivity index (χ2n) is 8.07. The first-order chi connectivity index (χ1) is 9.79. The predicted molar refractivity (Wildman–Crippen MR) is 80.1 cm³/mol. The van der Waals surface area contributed by atoms with Gasteiger partial charge in [0.05, 0.1) is 11.5 Å². The first-order valence-electron chi connectivity index (χ1n) is 8.04.